The fourth-order valence-electron chi connectivity index (χ4n) is 6.22. The standard InChI is InChI=1S/C27H26N4O3/c28-24(33)19-5-2-1-4-15(19)12-23(32)21-8-7-16-10-17-13-27(14-18(17)11-22(16)30-21)20-6-3-9-29-25(20)31-26(27)34/h3,6-11,15,19H,1-2,4-5,12-14H2,(H2,28,33)(H,29,31,34). The summed E-state index contributed by atoms with van der Waals surface area (Å²) in [6, 6.07) is 11.7. The van der Waals surface area contributed by atoms with Crippen LogP contribution in [-0.4, -0.2) is 27.6 Å². The Balaban J connectivity index is 1.29. The van der Waals surface area contributed by atoms with Gasteiger partial charge in [0.15, 0.2) is 5.78 Å². The lowest BCUT2D eigenvalue weighted by Gasteiger charge is -2.28. The molecule has 3 aromatic rings. The maximum atomic E-state index is 13.1. The van der Waals surface area contributed by atoms with Crippen LogP contribution in [-0.2, 0) is 27.8 Å². The van der Waals surface area contributed by atoms with Crippen LogP contribution < -0.4 is 11.1 Å². The quantitative estimate of drug-likeness (QED) is 0.586. The van der Waals surface area contributed by atoms with Crippen LogP contribution in [0.4, 0.5) is 5.82 Å². The molecule has 1 aromatic carbocycles. The molecule has 0 saturated heterocycles. The number of carbonyl (C=O) groups is 3. The lowest BCUT2D eigenvalue weighted by Crippen LogP contribution is -2.35. The first kappa shape index (κ1) is 21.0. The zero-order chi connectivity index (χ0) is 23.4. The highest BCUT2D eigenvalue weighted by Crippen LogP contribution is 2.47. The lowest BCUT2D eigenvalue weighted by molar-refractivity contribution is -0.124. The molecule has 2 aromatic heterocycles. The molecular weight excluding hydrogens is 428 g/mol. The Morgan fingerprint density at radius 1 is 1.09 bits per heavy atom. The van der Waals surface area contributed by atoms with Gasteiger partial charge in [0.05, 0.1) is 10.9 Å². The fourth-order valence-corrected chi connectivity index (χ4v) is 6.22. The SMILES string of the molecule is NC(=O)C1CCCCC1CC(=O)c1ccc2cc3c(cc2n1)CC1(C3)C(=O)Nc2ncccc21. The maximum absolute atomic E-state index is 13.1. The minimum atomic E-state index is -0.632. The number of nitrogens with two attached hydrogens (primary N) is 1. The molecule has 34 heavy (non-hydrogen) atoms. The minimum Gasteiger partial charge on any atom is -0.369 e. The number of amides is 2. The normalized spacial score (nSPS) is 25.2. The third-order valence-corrected chi connectivity index (χ3v) is 7.99. The Hall–Kier alpha value is -3.61. The number of pyridine rings is 2. The number of fused-ring (bicyclic) bond motifs is 4. The van der Waals surface area contributed by atoms with Gasteiger partial charge in [0.25, 0.3) is 0 Å². The van der Waals surface area contributed by atoms with Crippen LogP contribution in [0.25, 0.3) is 10.9 Å². The molecular formula is C27H26N4O3. The van der Waals surface area contributed by atoms with Gasteiger partial charge in [-0.2, -0.15) is 0 Å². The van der Waals surface area contributed by atoms with Gasteiger partial charge < -0.3 is 11.1 Å². The molecule has 1 fully saturated rings. The van der Waals surface area contributed by atoms with Gasteiger partial charge in [-0.05, 0) is 67.0 Å². The van der Waals surface area contributed by atoms with Crippen LogP contribution in [0.3, 0.4) is 0 Å². The number of primary amides is 1. The second-order valence-electron chi connectivity index (χ2n) is 9.98. The van der Waals surface area contributed by atoms with E-state index in [1.165, 1.54) is 0 Å². The predicted octanol–water partition coefficient (Wildman–Crippen LogP) is 3.48. The summed E-state index contributed by atoms with van der Waals surface area (Å²) in [5, 5.41) is 3.89. The van der Waals surface area contributed by atoms with Gasteiger partial charge in [0.1, 0.15) is 11.5 Å². The number of aromatic nitrogens is 2. The topological polar surface area (TPSA) is 115 Å². The third-order valence-electron chi connectivity index (χ3n) is 7.99. The van der Waals surface area contributed by atoms with Gasteiger partial charge in [-0.3, -0.25) is 14.4 Å². The van der Waals surface area contributed by atoms with Gasteiger partial charge in [-0.25, -0.2) is 9.97 Å². The van der Waals surface area contributed by atoms with Crippen molar-refractivity contribution in [1.82, 2.24) is 9.97 Å². The maximum Gasteiger partial charge on any atom is 0.237 e. The highest BCUT2D eigenvalue weighted by molar-refractivity contribution is 6.06. The average Bonchev–Trinajstić information content (AvgIpc) is 3.34. The van der Waals surface area contributed by atoms with Crippen LogP contribution in [0.5, 0.6) is 0 Å². The van der Waals surface area contributed by atoms with E-state index in [0.29, 0.717) is 30.8 Å². The highest BCUT2D eigenvalue weighted by Gasteiger charge is 2.51. The summed E-state index contributed by atoms with van der Waals surface area (Å²) in [5.41, 5.74) is 9.28. The van der Waals surface area contributed by atoms with Crippen LogP contribution in [0.1, 0.15) is 59.3 Å². The molecule has 1 spiro atoms. The van der Waals surface area contributed by atoms with Crippen molar-refractivity contribution in [3.63, 3.8) is 0 Å². The van der Waals surface area contributed by atoms with Gasteiger partial charge in [-0.1, -0.05) is 25.0 Å². The van der Waals surface area contributed by atoms with Crippen molar-refractivity contribution in [3.8, 4) is 0 Å². The molecule has 7 heteroatoms. The third kappa shape index (κ3) is 3.22. The fraction of sp³-hybridized carbons (Fsp3) is 0.370. The molecule has 6 rings (SSSR count). The highest BCUT2D eigenvalue weighted by atomic mass is 16.2. The van der Waals surface area contributed by atoms with E-state index >= 15 is 0 Å². The zero-order valence-electron chi connectivity index (χ0n) is 18.8. The Bertz CT molecular complexity index is 1370. The zero-order valence-corrected chi connectivity index (χ0v) is 18.8. The number of ketones is 1. The molecule has 0 bridgehead atoms. The monoisotopic (exact) mass is 454 g/mol. The van der Waals surface area contributed by atoms with Gasteiger partial charge >= 0.3 is 0 Å². The minimum absolute atomic E-state index is 0.00863. The molecule has 2 amide bonds. The smallest absolute Gasteiger partial charge is 0.237 e. The van der Waals surface area contributed by atoms with E-state index in [1.807, 2.05) is 24.3 Å². The van der Waals surface area contributed by atoms with Crippen molar-refractivity contribution in [2.45, 2.75) is 50.4 Å². The number of nitrogens with zero attached hydrogens (tertiary/aromatic N) is 2. The van der Waals surface area contributed by atoms with Crippen molar-refractivity contribution >= 4 is 34.3 Å². The summed E-state index contributed by atoms with van der Waals surface area (Å²) < 4.78 is 0. The van der Waals surface area contributed by atoms with Crippen molar-refractivity contribution < 1.29 is 14.4 Å². The van der Waals surface area contributed by atoms with Gasteiger partial charge in [-0.15, -0.1) is 0 Å². The first-order chi connectivity index (χ1) is 16.4. The molecule has 1 saturated carbocycles. The van der Waals surface area contributed by atoms with Crippen molar-refractivity contribution in [1.29, 1.82) is 0 Å². The molecule has 3 aliphatic rings. The van der Waals surface area contributed by atoms with Crippen LogP contribution >= 0.6 is 0 Å². The summed E-state index contributed by atoms with van der Waals surface area (Å²) >= 11 is 0. The summed E-state index contributed by atoms with van der Waals surface area (Å²) in [7, 11) is 0. The van der Waals surface area contributed by atoms with Gasteiger partial charge in [0.2, 0.25) is 11.8 Å². The van der Waals surface area contributed by atoms with E-state index in [9.17, 15) is 14.4 Å². The first-order valence-corrected chi connectivity index (χ1v) is 12.0. The van der Waals surface area contributed by atoms with Gasteiger partial charge in [0, 0.05) is 29.5 Å². The van der Waals surface area contributed by atoms with E-state index < -0.39 is 5.41 Å². The Labute approximate surface area is 197 Å². The summed E-state index contributed by atoms with van der Waals surface area (Å²) in [5.74, 6) is 0.0428. The largest absolute Gasteiger partial charge is 0.369 e. The molecule has 3 atom stereocenters. The van der Waals surface area contributed by atoms with Crippen LogP contribution in [0.15, 0.2) is 42.6 Å². The average molecular weight is 455 g/mol. The number of Topliss-reactive ketones (excluding diaryl/α,β-unsaturated/α-hetero) is 1. The molecule has 172 valence electrons. The van der Waals surface area contributed by atoms with E-state index in [4.69, 9.17) is 5.73 Å². The lowest BCUT2D eigenvalue weighted by atomic mass is 9.76. The van der Waals surface area contributed by atoms with E-state index in [-0.39, 0.29) is 29.4 Å². The first-order valence-electron chi connectivity index (χ1n) is 12.0. The molecule has 0 radical (unpaired) electrons. The molecule has 3 N–H and O–H groups in total. The molecule has 2 aliphatic carbocycles. The Morgan fingerprint density at radius 3 is 2.71 bits per heavy atom. The Morgan fingerprint density at radius 2 is 1.88 bits per heavy atom. The number of nitrogens with one attached hydrogen (secondary N) is 1. The molecule has 3 unspecified atom stereocenters. The van der Waals surface area contributed by atoms with E-state index in [2.05, 4.69) is 21.4 Å². The van der Waals surface area contributed by atoms with Crippen molar-refractivity contribution in [2.24, 2.45) is 17.6 Å². The number of carbonyl (C=O) groups excluding carboxylic acids is 3. The second-order valence-corrected chi connectivity index (χ2v) is 9.98. The second kappa shape index (κ2) is 7.72. The number of benzene rings is 1. The Kier molecular flexibility index (Phi) is 4.76. The molecule has 7 nitrogen and oxygen atoms in total. The predicted molar refractivity (Wildman–Crippen MR) is 127 cm³/mol. The number of anilines is 1. The number of rotatable bonds is 4. The van der Waals surface area contributed by atoms with E-state index in [0.717, 1.165) is 53.3 Å². The summed E-state index contributed by atoms with van der Waals surface area (Å²) in [6.45, 7) is 0. The van der Waals surface area contributed by atoms with Crippen molar-refractivity contribution in [3.05, 3.63) is 65.0 Å². The number of hydrogen-bond donors (Lipinski definition) is 2. The number of hydrogen-bond acceptors (Lipinski definition) is 5. The van der Waals surface area contributed by atoms with Crippen LogP contribution in [0.2, 0.25) is 0 Å². The van der Waals surface area contributed by atoms with Crippen LogP contribution in [0, 0.1) is 11.8 Å². The summed E-state index contributed by atoms with van der Waals surface area (Å²) in [4.78, 5) is 46.9. The van der Waals surface area contributed by atoms with Crippen molar-refractivity contribution in [2.75, 3.05) is 5.32 Å². The molecule has 1 aliphatic heterocycles. The summed E-state index contributed by atoms with van der Waals surface area (Å²) in [6.07, 6.45) is 6.81. The molecule has 3 heterocycles. The van der Waals surface area contributed by atoms with E-state index in [1.54, 1.807) is 12.3 Å².